The van der Waals surface area contributed by atoms with E-state index in [0.29, 0.717) is 33.6 Å². The van der Waals surface area contributed by atoms with Crippen LogP contribution in [0, 0.1) is 4.77 Å². The number of carbonyl (C=O) groups is 1. The molecule has 3 aromatic rings. The van der Waals surface area contributed by atoms with Crippen LogP contribution in [0.25, 0.3) is 10.7 Å². The molecule has 9 heteroatoms. The van der Waals surface area contributed by atoms with Crippen molar-refractivity contribution in [1.82, 2.24) is 20.1 Å². The number of carbonyl (C=O) groups excluding carboxylic acids is 1. The lowest BCUT2D eigenvalue weighted by Crippen LogP contribution is -2.32. The van der Waals surface area contributed by atoms with Gasteiger partial charge in [0.15, 0.2) is 10.6 Å². The summed E-state index contributed by atoms with van der Waals surface area (Å²) in [5.41, 5.74) is 0.967. The SMILES string of the molecule is CC(C(=O)NCCc1cc(Cl)cc(Cl)c1)n1c(-c2cccs2)n[nH]c1=S. The Bertz CT molecular complexity index is 945. The Kier molecular flexibility index (Phi) is 6.13. The molecular weight excluding hydrogens is 411 g/mol. The van der Waals surface area contributed by atoms with Crippen molar-refractivity contribution in [3.8, 4) is 10.7 Å². The van der Waals surface area contributed by atoms with Crippen molar-refractivity contribution in [1.29, 1.82) is 0 Å². The molecule has 0 saturated heterocycles. The molecule has 26 heavy (non-hydrogen) atoms. The van der Waals surface area contributed by atoms with E-state index in [9.17, 15) is 4.79 Å². The third kappa shape index (κ3) is 4.35. The summed E-state index contributed by atoms with van der Waals surface area (Å²) in [5, 5.41) is 13.1. The number of hydrogen-bond acceptors (Lipinski definition) is 4. The second kappa shape index (κ2) is 8.35. The van der Waals surface area contributed by atoms with Gasteiger partial charge in [0.2, 0.25) is 5.91 Å². The molecule has 5 nitrogen and oxygen atoms in total. The Morgan fingerprint density at radius 1 is 1.38 bits per heavy atom. The number of nitrogens with one attached hydrogen (secondary N) is 2. The van der Waals surface area contributed by atoms with Gasteiger partial charge in [-0.3, -0.25) is 14.5 Å². The molecule has 136 valence electrons. The fourth-order valence-electron chi connectivity index (χ4n) is 2.59. The first-order valence-corrected chi connectivity index (χ1v) is 9.93. The van der Waals surface area contributed by atoms with Crippen LogP contribution >= 0.6 is 46.8 Å². The Hall–Kier alpha value is -1.67. The van der Waals surface area contributed by atoms with E-state index in [1.807, 2.05) is 29.6 Å². The molecule has 0 saturated carbocycles. The summed E-state index contributed by atoms with van der Waals surface area (Å²) < 4.78 is 2.14. The molecule has 2 aromatic heterocycles. The molecular formula is C17H16Cl2N4OS2. The van der Waals surface area contributed by atoms with E-state index in [2.05, 4.69) is 15.5 Å². The number of thiophene rings is 1. The van der Waals surface area contributed by atoms with E-state index in [1.54, 1.807) is 28.9 Å². The smallest absolute Gasteiger partial charge is 0.242 e. The maximum absolute atomic E-state index is 12.6. The van der Waals surface area contributed by atoms with E-state index < -0.39 is 6.04 Å². The second-order valence-corrected chi connectivity index (χ2v) is 7.90. The van der Waals surface area contributed by atoms with Crippen LogP contribution in [-0.2, 0) is 11.2 Å². The first kappa shape index (κ1) is 19.1. The van der Waals surface area contributed by atoms with Crippen molar-refractivity contribution in [2.75, 3.05) is 6.54 Å². The average Bonchev–Trinajstić information content (AvgIpc) is 3.22. The van der Waals surface area contributed by atoms with Crippen LogP contribution in [0.2, 0.25) is 10.0 Å². The monoisotopic (exact) mass is 426 g/mol. The van der Waals surface area contributed by atoms with Crippen molar-refractivity contribution in [2.24, 2.45) is 0 Å². The minimum atomic E-state index is -0.485. The van der Waals surface area contributed by atoms with Crippen molar-refractivity contribution in [2.45, 2.75) is 19.4 Å². The van der Waals surface area contributed by atoms with E-state index in [4.69, 9.17) is 35.4 Å². The molecule has 1 aromatic carbocycles. The molecule has 0 aliphatic rings. The molecule has 3 rings (SSSR count). The number of aromatic nitrogens is 3. The molecule has 0 radical (unpaired) electrons. The van der Waals surface area contributed by atoms with Crippen LogP contribution in [0.1, 0.15) is 18.5 Å². The van der Waals surface area contributed by atoms with Crippen LogP contribution in [0.5, 0.6) is 0 Å². The minimum Gasteiger partial charge on any atom is -0.354 e. The maximum atomic E-state index is 12.6. The molecule has 0 aliphatic carbocycles. The third-order valence-corrected chi connectivity index (χ3v) is 5.44. The summed E-state index contributed by atoms with van der Waals surface area (Å²) in [7, 11) is 0. The molecule has 1 atom stereocenters. The molecule has 0 aliphatic heterocycles. The number of amides is 1. The van der Waals surface area contributed by atoms with Gasteiger partial charge < -0.3 is 5.32 Å². The van der Waals surface area contributed by atoms with Gasteiger partial charge in [0.1, 0.15) is 6.04 Å². The van der Waals surface area contributed by atoms with Gasteiger partial charge in [-0.1, -0.05) is 29.3 Å². The van der Waals surface area contributed by atoms with E-state index >= 15 is 0 Å². The molecule has 0 bridgehead atoms. The number of rotatable bonds is 6. The zero-order chi connectivity index (χ0) is 18.7. The van der Waals surface area contributed by atoms with Crippen LogP contribution in [0.3, 0.4) is 0 Å². The van der Waals surface area contributed by atoms with Crippen LogP contribution < -0.4 is 5.32 Å². The Labute approximate surface area is 170 Å². The summed E-state index contributed by atoms with van der Waals surface area (Å²) in [6.45, 7) is 2.27. The predicted octanol–water partition coefficient (Wildman–Crippen LogP) is 4.90. The van der Waals surface area contributed by atoms with Gasteiger partial charge >= 0.3 is 0 Å². The second-order valence-electron chi connectivity index (χ2n) is 5.69. The highest BCUT2D eigenvalue weighted by Crippen LogP contribution is 2.25. The van der Waals surface area contributed by atoms with Gasteiger partial charge in [0.05, 0.1) is 4.88 Å². The minimum absolute atomic E-state index is 0.131. The summed E-state index contributed by atoms with van der Waals surface area (Å²) >= 11 is 18.8. The third-order valence-electron chi connectivity index (χ3n) is 3.85. The molecule has 2 N–H and O–H groups in total. The lowest BCUT2D eigenvalue weighted by molar-refractivity contribution is -0.123. The van der Waals surface area contributed by atoms with Crippen molar-refractivity contribution in [3.63, 3.8) is 0 Å². The highest BCUT2D eigenvalue weighted by atomic mass is 35.5. The zero-order valence-electron chi connectivity index (χ0n) is 13.8. The summed E-state index contributed by atoms with van der Waals surface area (Å²) in [6.07, 6.45) is 0.632. The Balaban J connectivity index is 1.67. The van der Waals surface area contributed by atoms with E-state index in [-0.39, 0.29) is 5.91 Å². The average molecular weight is 427 g/mol. The highest BCUT2D eigenvalue weighted by Gasteiger charge is 2.21. The van der Waals surface area contributed by atoms with Crippen LogP contribution in [-0.4, -0.2) is 27.2 Å². The number of hydrogen-bond donors (Lipinski definition) is 2. The normalized spacial score (nSPS) is 12.1. The van der Waals surface area contributed by atoms with E-state index in [0.717, 1.165) is 10.4 Å². The van der Waals surface area contributed by atoms with Gasteiger partial charge in [-0.15, -0.1) is 11.3 Å². The molecule has 0 spiro atoms. The van der Waals surface area contributed by atoms with Crippen molar-refractivity contribution >= 4 is 52.7 Å². The standard InChI is InChI=1S/C17H16Cl2N4OS2/c1-10(23-15(21-22-17(23)25)14-3-2-6-26-14)16(24)20-5-4-11-7-12(18)9-13(19)8-11/h2-3,6-10H,4-5H2,1H3,(H,20,24)(H,22,25). The first-order valence-electron chi connectivity index (χ1n) is 7.89. The van der Waals surface area contributed by atoms with Crippen LogP contribution in [0.4, 0.5) is 0 Å². The summed E-state index contributed by atoms with van der Waals surface area (Å²) in [4.78, 5) is 13.5. The van der Waals surface area contributed by atoms with E-state index in [1.165, 1.54) is 0 Å². The fraction of sp³-hybridized carbons (Fsp3) is 0.235. The number of halogens is 2. The number of benzene rings is 1. The first-order chi connectivity index (χ1) is 12.5. The highest BCUT2D eigenvalue weighted by molar-refractivity contribution is 7.71. The van der Waals surface area contributed by atoms with Gasteiger partial charge in [0, 0.05) is 16.6 Å². The van der Waals surface area contributed by atoms with Crippen molar-refractivity contribution in [3.05, 3.63) is 56.1 Å². The molecule has 2 heterocycles. The maximum Gasteiger partial charge on any atom is 0.242 e. The Morgan fingerprint density at radius 2 is 2.12 bits per heavy atom. The molecule has 1 unspecified atom stereocenters. The van der Waals surface area contributed by atoms with Gasteiger partial charge in [-0.2, -0.15) is 5.10 Å². The van der Waals surface area contributed by atoms with Gasteiger partial charge in [-0.25, -0.2) is 0 Å². The van der Waals surface area contributed by atoms with Crippen molar-refractivity contribution < 1.29 is 4.79 Å². The van der Waals surface area contributed by atoms with Gasteiger partial charge in [0.25, 0.3) is 0 Å². The largest absolute Gasteiger partial charge is 0.354 e. The topological polar surface area (TPSA) is 62.7 Å². The zero-order valence-corrected chi connectivity index (χ0v) is 17.0. The van der Waals surface area contributed by atoms with Crippen LogP contribution in [0.15, 0.2) is 35.7 Å². The lowest BCUT2D eigenvalue weighted by atomic mass is 10.1. The molecule has 1 amide bonds. The fourth-order valence-corrected chi connectivity index (χ4v) is 4.17. The predicted molar refractivity (Wildman–Crippen MR) is 109 cm³/mol. The lowest BCUT2D eigenvalue weighted by Gasteiger charge is -2.15. The summed E-state index contributed by atoms with van der Waals surface area (Å²) in [6, 6.07) is 8.75. The van der Waals surface area contributed by atoms with Gasteiger partial charge in [-0.05, 0) is 60.8 Å². The number of H-pyrrole nitrogens is 1. The quantitative estimate of drug-likeness (QED) is 0.551. The molecule has 0 fully saturated rings. The number of nitrogens with zero attached hydrogens (tertiary/aromatic N) is 2. The Morgan fingerprint density at radius 3 is 2.77 bits per heavy atom. The number of aromatic amines is 1. The summed E-state index contributed by atoms with van der Waals surface area (Å²) in [5.74, 6) is 0.530.